The van der Waals surface area contributed by atoms with Gasteiger partial charge >= 0.3 is 13.9 Å². The molecule has 2 heterocycles. The summed E-state index contributed by atoms with van der Waals surface area (Å²) in [7, 11) is -3.12. The normalized spacial score (nSPS) is 29.7. The third-order valence-corrected chi connectivity index (χ3v) is 3.44. The first-order valence-corrected chi connectivity index (χ1v) is 7.06. The van der Waals surface area contributed by atoms with Crippen LogP contribution in [0, 0.1) is 0 Å². The van der Waals surface area contributed by atoms with Crippen molar-refractivity contribution in [2.24, 2.45) is 0 Å². The van der Waals surface area contributed by atoms with E-state index in [4.69, 9.17) is 9.63 Å². The van der Waals surface area contributed by atoms with Crippen LogP contribution in [0.2, 0.25) is 0 Å². The molecule has 0 amide bonds. The summed E-state index contributed by atoms with van der Waals surface area (Å²) in [5.41, 5.74) is -1.57. The van der Waals surface area contributed by atoms with Gasteiger partial charge in [0.05, 0.1) is 6.10 Å². The number of nitrogens with zero attached hydrogens (tertiary/aromatic N) is 1. The molecule has 2 rings (SSSR count). The summed E-state index contributed by atoms with van der Waals surface area (Å²) in [4.78, 5) is 33.3. The number of aliphatic hydroxyl groups is 1. The molecule has 0 spiro atoms. The Bertz CT molecular complexity index is 651. The first-order valence-electron chi connectivity index (χ1n) is 5.93. The summed E-state index contributed by atoms with van der Waals surface area (Å²) in [5.74, 6) is 0. The molecule has 12 heteroatoms. The summed E-state index contributed by atoms with van der Waals surface area (Å²) in [6.07, 6.45) is -6.42. The van der Waals surface area contributed by atoms with E-state index in [0.29, 0.717) is 0 Å². The third-order valence-electron chi connectivity index (χ3n) is 3.02. The van der Waals surface area contributed by atoms with Gasteiger partial charge in [0.25, 0.3) is 5.56 Å². The number of hydrogen-bond donors (Lipinski definition) is 3. The summed E-state index contributed by atoms with van der Waals surface area (Å²) < 4.78 is 35.6. The van der Waals surface area contributed by atoms with Gasteiger partial charge in [0, 0.05) is 16.8 Å². The lowest BCUT2D eigenvalue weighted by Gasteiger charge is -2.17. The summed E-state index contributed by atoms with van der Waals surface area (Å²) >= 11 is 0. The molecule has 0 saturated carbocycles. The Kier molecular flexibility index (Phi) is 6.41. The predicted octanol–water partition coefficient (Wildman–Crippen LogP) is -0.699. The smallest absolute Gasteiger partial charge is 0.391 e. The minimum Gasteiger partial charge on any atom is -0.391 e. The summed E-state index contributed by atoms with van der Waals surface area (Å²) in [5, 5.41) is 9.54. The van der Waals surface area contributed by atoms with E-state index in [0.717, 1.165) is 16.8 Å². The number of H-pyrrole nitrogens is 1. The average Bonchev–Trinajstić information content (AvgIpc) is 2.67. The van der Waals surface area contributed by atoms with E-state index >= 15 is 0 Å². The molecular weight excluding hydrogens is 342 g/mol. The van der Waals surface area contributed by atoms with Crippen molar-refractivity contribution in [3.63, 3.8) is 0 Å². The van der Waals surface area contributed by atoms with Crippen molar-refractivity contribution in [3.05, 3.63) is 33.1 Å². The topological polar surface area (TPSA) is 131 Å². The Balaban J connectivity index is 0.00000242. The summed E-state index contributed by atoms with van der Waals surface area (Å²) in [6, 6.07) is 0.996. The molecule has 9 nitrogen and oxygen atoms in total. The predicted molar refractivity (Wildman–Crippen MR) is 76.9 cm³/mol. The molecule has 0 aromatic carbocycles. The maximum Gasteiger partial charge on any atom is 0.695 e. The lowest BCUT2D eigenvalue weighted by Crippen LogP contribution is -2.37. The number of halogens is 1. The maximum atomic E-state index is 14.3. The Morgan fingerprint density at radius 1 is 1.55 bits per heavy atom. The molecule has 2 unspecified atom stereocenters. The van der Waals surface area contributed by atoms with Gasteiger partial charge in [-0.05, 0) is 6.92 Å². The second kappa shape index (κ2) is 7.44. The van der Waals surface area contributed by atoms with Gasteiger partial charge in [-0.2, -0.15) is 13.5 Å². The molecule has 1 saturated heterocycles. The highest BCUT2D eigenvalue weighted by molar-refractivity contribution is 7.59. The Morgan fingerprint density at radius 3 is 2.68 bits per heavy atom. The molecule has 1 aromatic rings. The zero-order valence-corrected chi connectivity index (χ0v) is 13.1. The van der Waals surface area contributed by atoms with Gasteiger partial charge in [-0.15, -0.1) is 9.42 Å². The van der Waals surface area contributed by atoms with Crippen LogP contribution in [0.1, 0.15) is 13.2 Å². The van der Waals surface area contributed by atoms with Gasteiger partial charge in [-0.25, -0.2) is 9.18 Å². The molecule has 22 heavy (non-hydrogen) atoms. The van der Waals surface area contributed by atoms with E-state index in [1.54, 1.807) is 0 Å². The molecule has 0 bridgehead atoms. The van der Waals surface area contributed by atoms with Crippen molar-refractivity contribution in [1.29, 1.82) is 0 Å². The number of aromatic nitrogens is 2. The van der Waals surface area contributed by atoms with Gasteiger partial charge in [-0.1, -0.05) is 0 Å². The number of hydrogen-bond acceptors (Lipinski definition) is 6. The van der Waals surface area contributed by atoms with Crippen LogP contribution in [0.3, 0.4) is 0 Å². The van der Waals surface area contributed by atoms with Crippen molar-refractivity contribution in [1.82, 2.24) is 9.55 Å². The minimum atomic E-state index is -3.12. The van der Waals surface area contributed by atoms with Crippen LogP contribution in [0.25, 0.3) is 0 Å². The molecular formula is C10H15FN2O7PS+. The van der Waals surface area contributed by atoms with Crippen LogP contribution in [-0.4, -0.2) is 44.0 Å². The van der Waals surface area contributed by atoms with Crippen LogP contribution >= 0.6 is 21.8 Å². The average molecular weight is 357 g/mol. The van der Waals surface area contributed by atoms with Gasteiger partial charge in [0.2, 0.25) is 0 Å². The fourth-order valence-corrected chi connectivity index (χ4v) is 2.56. The van der Waals surface area contributed by atoms with Crippen molar-refractivity contribution in [3.8, 4) is 0 Å². The number of rotatable bonds is 4. The molecule has 1 aliphatic heterocycles. The summed E-state index contributed by atoms with van der Waals surface area (Å²) in [6.45, 7) is 1.29. The molecule has 3 N–H and O–H groups in total. The highest BCUT2D eigenvalue weighted by Crippen LogP contribution is 2.38. The first-order chi connectivity index (χ1) is 9.81. The molecule has 1 fully saturated rings. The van der Waals surface area contributed by atoms with E-state index in [-0.39, 0.29) is 13.5 Å². The number of nitrogens with one attached hydrogen (secondary N) is 1. The first kappa shape index (κ1) is 18.9. The minimum absolute atomic E-state index is 0. The number of alkyl halides is 1. The standard InChI is InChI=1S/C10H12FN2O7P.H2S/c1-4(14)7-8(20-21(17)18)6(11)9(19-7)13-3-2-5(15)12-10(13)16;/h2-4,6-9,14H,1H3,(H-,12,15,16,17,18);1H2/p+1/t4-,6-,7+,8?,9+;/m0./s1. The van der Waals surface area contributed by atoms with Crippen molar-refractivity contribution >= 4 is 21.8 Å². The molecule has 1 aromatic heterocycles. The van der Waals surface area contributed by atoms with E-state index in [1.165, 1.54) is 6.92 Å². The number of ether oxygens (including phenoxy) is 1. The zero-order valence-electron chi connectivity index (χ0n) is 11.2. The molecule has 0 aliphatic carbocycles. The third kappa shape index (κ3) is 3.80. The zero-order chi connectivity index (χ0) is 15.7. The van der Waals surface area contributed by atoms with Crippen molar-refractivity contribution < 1.29 is 28.2 Å². The monoisotopic (exact) mass is 357 g/mol. The van der Waals surface area contributed by atoms with Crippen LogP contribution in [0.15, 0.2) is 21.9 Å². The highest BCUT2D eigenvalue weighted by Gasteiger charge is 2.53. The van der Waals surface area contributed by atoms with Crippen LogP contribution in [-0.2, 0) is 13.8 Å². The van der Waals surface area contributed by atoms with Crippen molar-refractivity contribution in [2.75, 3.05) is 0 Å². The van der Waals surface area contributed by atoms with Gasteiger partial charge in [-0.3, -0.25) is 14.3 Å². The Hall–Kier alpha value is -1.10. The van der Waals surface area contributed by atoms with Gasteiger partial charge in [0.15, 0.2) is 18.5 Å². The number of aromatic amines is 1. The second-order valence-corrected chi connectivity index (χ2v) is 5.19. The highest BCUT2D eigenvalue weighted by atomic mass is 32.1. The van der Waals surface area contributed by atoms with Crippen LogP contribution < -0.4 is 11.2 Å². The quantitative estimate of drug-likeness (QED) is 0.607. The van der Waals surface area contributed by atoms with Crippen molar-refractivity contribution in [2.45, 2.75) is 37.6 Å². The largest absolute Gasteiger partial charge is 0.695 e. The second-order valence-electron chi connectivity index (χ2n) is 4.50. The lowest BCUT2D eigenvalue weighted by molar-refractivity contribution is -0.0756. The SMILES string of the molecule is C[C@H](O)[C@H]1O[C@@H](n2ccc(=O)[nH]c2=O)[C@@H](F)C1O[P+](=O)O.S. The Labute approximate surface area is 131 Å². The van der Waals surface area contributed by atoms with Gasteiger partial charge in [0.1, 0.15) is 6.10 Å². The lowest BCUT2D eigenvalue weighted by atomic mass is 10.1. The van der Waals surface area contributed by atoms with Crippen LogP contribution in [0.4, 0.5) is 4.39 Å². The fraction of sp³-hybridized carbons (Fsp3) is 0.600. The van der Waals surface area contributed by atoms with Crippen LogP contribution in [0.5, 0.6) is 0 Å². The maximum absolute atomic E-state index is 14.3. The molecule has 0 radical (unpaired) electrons. The van der Waals surface area contributed by atoms with E-state index in [1.807, 2.05) is 4.98 Å². The van der Waals surface area contributed by atoms with E-state index < -0.39 is 50.2 Å². The molecule has 124 valence electrons. The fourth-order valence-electron chi connectivity index (χ4n) is 2.11. The molecule has 6 atom stereocenters. The number of aliphatic hydroxyl groups excluding tert-OH is 1. The Morgan fingerprint density at radius 2 is 2.18 bits per heavy atom. The van der Waals surface area contributed by atoms with E-state index in [2.05, 4.69) is 4.52 Å². The van der Waals surface area contributed by atoms with Gasteiger partial charge < -0.3 is 9.84 Å². The molecule has 1 aliphatic rings. The van der Waals surface area contributed by atoms with E-state index in [9.17, 15) is 23.7 Å².